The van der Waals surface area contributed by atoms with Crippen LogP contribution in [0.15, 0.2) is 48.2 Å². The Morgan fingerprint density at radius 2 is 2.05 bits per heavy atom. The van der Waals surface area contributed by atoms with Crippen LogP contribution in [0.4, 0.5) is 18.9 Å². The van der Waals surface area contributed by atoms with E-state index < -0.39 is 17.5 Å². The van der Waals surface area contributed by atoms with E-state index in [4.69, 9.17) is 5.73 Å². The summed E-state index contributed by atoms with van der Waals surface area (Å²) < 4.78 is 38.0. The van der Waals surface area contributed by atoms with Crippen LogP contribution in [-0.2, 0) is 11.3 Å². The highest BCUT2D eigenvalue weighted by Gasteiger charge is 2.31. The van der Waals surface area contributed by atoms with Gasteiger partial charge in [0.05, 0.1) is 11.3 Å². The number of Topliss-reactive ketones (excluding diaryl/α,β-unsaturated/α-hetero) is 1. The molecule has 0 aromatic heterocycles. The third-order valence-electron chi connectivity index (χ3n) is 3.18. The lowest BCUT2D eigenvalue weighted by molar-refractivity contribution is -0.115. The summed E-state index contributed by atoms with van der Waals surface area (Å²) in [5, 5.41) is 0. The first-order chi connectivity index (χ1) is 10.2. The topological polar surface area (TPSA) is 46.3 Å². The summed E-state index contributed by atoms with van der Waals surface area (Å²) in [6, 6.07) is 6.97. The van der Waals surface area contributed by atoms with E-state index in [9.17, 15) is 18.0 Å². The predicted octanol–water partition coefficient (Wildman–Crippen LogP) is 3.56. The van der Waals surface area contributed by atoms with Crippen molar-refractivity contribution < 1.29 is 18.0 Å². The third kappa shape index (κ3) is 4.46. The zero-order chi connectivity index (χ0) is 16.9. The van der Waals surface area contributed by atoms with Crippen LogP contribution < -0.4 is 10.6 Å². The highest BCUT2D eigenvalue weighted by molar-refractivity contribution is 5.98. The Kier molecular flexibility index (Phi) is 5.93. The average molecular weight is 312 g/mol. The van der Waals surface area contributed by atoms with Gasteiger partial charge in [-0.1, -0.05) is 25.6 Å². The fourth-order valence-corrected chi connectivity index (χ4v) is 1.82. The van der Waals surface area contributed by atoms with Crippen molar-refractivity contribution in [3.05, 3.63) is 53.8 Å². The van der Waals surface area contributed by atoms with Crippen LogP contribution in [-0.4, -0.2) is 19.0 Å². The van der Waals surface area contributed by atoms with Crippen LogP contribution in [0.1, 0.15) is 18.9 Å². The van der Waals surface area contributed by atoms with Gasteiger partial charge in [-0.15, -0.1) is 0 Å². The second kappa shape index (κ2) is 7.26. The molecule has 0 unspecified atom stereocenters. The van der Waals surface area contributed by atoms with Gasteiger partial charge >= 0.3 is 6.18 Å². The van der Waals surface area contributed by atoms with Crippen molar-refractivity contribution in [2.45, 2.75) is 26.1 Å². The minimum Gasteiger partial charge on any atom is -0.342 e. The summed E-state index contributed by atoms with van der Waals surface area (Å²) in [6.45, 7) is 4.89. The molecule has 0 spiro atoms. The van der Waals surface area contributed by atoms with Gasteiger partial charge in [0.15, 0.2) is 5.78 Å². The zero-order valence-electron chi connectivity index (χ0n) is 12.6. The van der Waals surface area contributed by atoms with E-state index in [-0.39, 0.29) is 12.1 Å². The molecule has 22 heavy (non-hydrogen) atoms. The monoisotopic (exact) mass is 312 g/mol. The molecule has 0 radical (unpaired) electrons. The second-order valence-corrected chi connectivity index (χ2v) is 4.76. The molecule has 0 amide bonds. The molecular weight excluding hydrogens is 293 g/mol. The molecule has 1 rings (SSSR count). The second-order valence-electron chi connectivity index (χ2n) is 4.76. The fourth-order valence-electron chi connectivity index (χ4n) is 1.82. The van der Waals surface area contributed by atoms with Gasteiger partial charge in [0.25, 0.3) is 0 Å². The predicted molar refractivity (Wildman–Crippen MR) is 81.3 cm³/mol. The van der Waals surface area contributed by atoms with Crippen LogP contribution in [0.25, 0.3) is 0 Å². The van der Waals surface area contributed by atoms with E-state index in [1.807, 2.05) is 0 Å². The van der Waals surface area contributed by atoms with Crippen LogP contribution in [0.2, 0.25) is 0 Å². The summed E-state index contributed by atoms with van der Waals surface area (Å²) >= 11 is 0. The van der Waals surface area contributed by atoms with Crippen molar-refractivity contribution in [1.29, 1.82) is 0 Å². The minimum absolute atomic E-state index is 0.0565. The van der Waals surface area contributed by atoms with Gasteiger partial charge in [-0.25, -0.2) is 0 Å². The highest BCUT2D eigenvalue weighted by Crippen LogP contribution is 2.28. The maximum Gasteiger partial charge on any atom is 0.415 e. The summed E-state index contributed by atoms with van der Waals surface area (Å²) in [7, 11) is 1.54. The molecule has 0 bridgehead atoms. The van der Waals surface area contributed by atoms with Crippen molar-refractivity contribution in [3.63, 3.8) is 0 Å². The minimum atomic E-state index is -4.57. The van der Waals surface area contributed by atoms with Gasteiger partial charge in [-0.3, -0.25) is 4.79 Å². The quantitative estimate of drug-likeness (QED) is 0.645. The molecule has 3 nitrogen and oxygen atoms in total. The van der Waals surface area contributed by atoms with Gasteiger partial charge < -0.3 is 10.6 Å². The molecule has 0 saturated carbocycles. The summed E-state index contributed by atoms with van der Waals surface area (Å²) in [5.74, 6) is -0.397. The maximum atomic E-state index is 12.7. The van der Waals surface area contributed by atoms with Crippen LogP contribution >= 0.6 is 0 Å². The largest absolute Gasteiger partial charge is 0.415 e. The Morgan fingerprint density at radius 3 is 2.55 bits per heavy atom. The number of ketones is 1. The van der Waals surface area contributed by atoms with Crippen LogP contribution in [0, 0.1) is 0 Å². The number of halogens is 3. The molecule has 120 valence electrons. The van der Waals surface area contributed by atoms with Crippen molar-refractivity contribution in [2.24, 2.45) is 5.73 Å². The number of nitrogens with two attached hydrogens (primary N) is 1. The fraction of sp³-hybridized carbons (Fsp3) is 0.312. The van der Waals surface area contributed by atoms with Crippen LogP contribution in [0.3, 0.4) is 0 Å². The molecule has 0 saturated heterocycles. The SMILES string of the molecule is C=C(/C=C(/C(=O)CC)N(C)c1cccc(CN)c1)C(F)(F)F. The number of nitrogens with zero attached hydrogens (tertiary/aromatic N) is 1. The molecule has 0 fully saturated rings. The number of carbonyl (C=O) groups excluding carboxylic acids is 1. The average Bonchev–Trinajstić information content (AvgIpc) is 2.50. The molecule has 0 heterocycles. The number of likely N-dealkylation sites (N-methyl/N-ethyl adjacent to an activating group) is 1. The Labute approximate surface area is 127 Å². The lowest BCUT2D eigenvalue weighted by Crippen LogP contribution is -2.24. The van der Waals surface area contributed by atoms with Gasteiger partial charge in [0.2, 0.25) is 0 Å². The standard InChI is InChI=1S/C16H19F3N2O/c1-4-15(22)14(8-11(2)16(17,18)19)21(3)13-7-5-6-12(9-13)10-20/h5-9H,2,4,10,20H2,1,3H3/b14-8-. The van der Waals surface area contributed by atoms with Gasteiger partial charge in [0.1, 0.15) is 0 Å². The number of allylic oxidation sites excluding steroid dienone is 3. The van der Waals surface area contributed by atoms with Crippen LogP contribution in [0.5, 0.6) is 0 Å². The van der Waals surface area contributed by atoms with E-state index in [0.29, 0.717) is 12.2 Å². The third-order valence-corrected chi connectivity index (χ3v) is 3.18. The lowest BCUT2D eigenvalue weighted by Gasteiger charge is -2.23. The first kappa shape index (κ1) is 18.0. The number of benzene rings is 1. The van der Waals surface area contributed by atoms with Gasteiger partial charge in [-0.2, -0.15) is 13.2 Å². The Bertz CT molecular complexity index is 591. The number of hydrogen-bond acceptors (Lipinski definition) is 3. The number of hydrogen-bond donors (Lipinski definition) is 1. The highest BCUT2D eigenvalue weighted by atomic mass is 19.4. The van der Waals surface area contributed by atoms with E-state index in [2.05, 4.69) is 6.58 Å². The lowest BCUT2D eigenvalue weighted by atomic mass is 10.1. The molecule has 1 aromatic rings. The number of anilines is 1. The maximum absolute atomic E-state index is 12.7. The smallest absolute Gasteiger partial charge is 0.342 e. The zero-order valence-corrected chi connectivity index (χ0v) is 12.6. The summed E-state index contributed by atoms with van der Waals surface area (Å²) in [5.41, 5.74) is 5.85. The Hall–Kier alpha value is -2.08. The van der Waals surface area contributed by atoms with E-state index in [1.54, 1.807) is 38.2 Å². The normalized spacial score (nSPS) is 12.2. The molecule has 6 heteroatoms. The molecule has 1 aromatic carbocycles. The first-order valence-corrected chi connectivity index (χ1v) is 6.74. The van der Waals surface area contributed by atoms with Crippen molar-refractivity contribution in [3.8, 4) is 0 Å². The van der Waals surface area contributed by atoms with E-state index in [1.165, 1.54) is 4.90 Å². The van der Waals surface area contributed by atoms with Gasteiger partial charge in [0, 0.05) is 25.7 Å². The molecule has 2 N–H and O–H groups in total. The molecule has 0 atom stereocenters. The molecule has 0 aliphatic heterocycles. The van der Waals surface area contributed by atoms with E-state index >= 15 is 0 Å². The number of carbonyl (C=O) groups is 1. The summed E-state index contributed by atoms with van der Waals surface area (Å²) in [4.78, 5) is 13.4. The first-order valence-electron chi connectivity index (χ1n) is 6.74. The summed E-state index contributed by atoms with van der Waals surface area (Å²) in [6.07, 6.45) is -3.70. The van der Waals surface area contributed by atoms with E-state index in [0.717, 1.165) is 11.6 Å². The van der Waals surface area contributed by atoms with Crippen molar-refractivity contribution in [1.82, 2.24) is 0 Å². The van der Waals surface area contributed by atoms with Crippen molar-refractivity contribution in [2.75, 3.05) is 11.9 Å². The molecule has 0 aliphatic rings. The number of rotatable bonds is 6. The number of alkyl halides is 3. The van der Waals surface area contributed by atoms with Gasteiger partial charge in [-0.05, 0) is 23.8 Å². The van der Waals surface area contributed by atoms with Crippen molar-refractivity contribution >= 4 is 11.5 Å². The Morgan fingerprint density at radius 1 is 1.41 bits per heavy atom. The molecular formula is C16H19F3N2O. The Balaban J connectivity index is 3.24. The molecule has 0 aliphatic carbocycles.